The zero-order chi connectivity index (χ0) is 14.8. The molecular formula is C16H20N2OS. The van der Waals surface area contributed by atoms with E-state index < -0.39 is 0 Å². The Morgan fingerprint density at radius 3 is 2.70 bits per heavy atom. The summed E-state index contributed by atoms with van der Waals surface area (Å²) in [7, 11) is 0. The van der Waals surface area contributed by atoms with E-state index in [1.165, 1.54) is 4.88 Å². The quantitative estimate of drug-likeness (QED) is 0.848. The monoisotopic (exact) mass is 288 g/mol. The van der Waals surface area contributed by atoms with Gasteiger partial charge in [-0.15, -0.1) is 11.3 Å². The second-order valence-corrected chi connectivity index (χ2v) is 6.62. The maximum absolute atomic E-state index is 12.2. The number of hydrogen-bond donors (Lipinski definition) is 2. The summed E-state index contributed by atoms with van der Waals surface area (Å²) in [6.07, 6.45) is 0. The zero-order valence-electron chi connectivity index (χ0n) is 12.1. The summed E-state index contributed by atoms with van der Waals surface area (Å²) >= 11 is 1.71. The van der Waals surface area contributed by atoms with Gasteiger partial charge in [0.05, 0.1) is 0 Å². The first kappa shape index (κ1) is 14.6. The molecule has 1 aromatic heterocycles. The molecule has 1 heterocycles. The van der Waals surface area contributed by atoms with Crippen molar-refractivity contribution in [3.8, 4) is 0 Å². The maximum atomic E-state index is 12.2. The number of nitrogens with one attached hydrogen (secondary N) is 1. The molecule has 0 unspecified atom stereocenters. The van der Waals surface area contributed by atoms with Gasteiger partial charge < -0.3 is 11.1 Å². The third-order valence-electron chi connectivity index (χ3n) is 3.24. The van der Waals surface area contributed by atoms with Crippen LogP contribution in [0.15, 0.2) is 35.7 Å². The van der Waals surface area contributed by atoms with Crippen LogP contribution in [0.2, 0.25) is 0 Å². The SMILES string of the molecule is Cc1cc(N)cc(C(=O)NCC(C)(C)c2cccs2)c1. The summed E-state index contributed by atoms with van der Waals surface area (Å²) in [6, 6.07) is 9.54. The summed E-state index contributed by atoms with van der Waals surface area (Å²) in [5.74, 6) is -0.0787. The predicted octanol–water partition coefficient (Wildman–Crippen LogP) is 3.35. The fourth-order valence-electron chi connectivity index (χ4n) is 2.10. The van der Waals surface area contributed by atoms with Crippen LogP contribution in [0.5, 0.6) is 0 Å². The van der Waals surface area contributed by atoms with E-state index in [-0.39, 0.29) is 11.3 Å². The van der Waals surface area contributed by atoms with Gasteiger partial charge in [0, 0.05) is 28.1 Å². The van der Waals surface area contributed by atoms with Crippen molar-refractivity contribution in [2.24, 2.45) is 0 Å². The van der Waals surface area contributed by atoms with Crippen LogP contribution in [0, 0.1) is 6.92 Å². The average Bonchev–Trinajstić information content (AvgIpc) is 2.89. The molecule has 2 aromatic rings. The Bertz CT molecular complexity index is 583. The molecule has 0 atom stereocenters. The van der Waals surface area contributed by atoms with Crippen LogP contribution in [0.4, 0.5) is 5.69 Å². The Balaban J connectivity index is 2.05. The number of carbonyl (C=O) groups is 1. The molecule has 3 nitrogen and oxygen atoms in total. The largest absolute Gasteiger partial charge is 0.399 e. The van der Waals surface area contributed by atoms with E-state index in [1.54, 1.807) is 17.4 Å². The Hall–Kier alpha value is -1.81. The third-order valence-corrected chi connectivity index (χ3v) is 4.48. The molecule has 3 N–H and O–H groups in total. The predicted molar refractivity (Wildman–Crippen MR) is 85.3 cm³/mol. The van der Waals surface area contributed by atoms with Crippen LogP contribution in [0.25, 0.3) is 0 Å². The van der Waals surface area contributed by atoms with Crippen molar-refractivity contribution in [3.05, 3.63) is 51.7 Å². The number of carbonyl (C=O) groups excluding carboxylic acids is 1. The lowest BCUT2D eigenvalue weighted by molar-refractivity contribution is 0.0946. The topological polar surface area (TPSA) is 55.1 Å². The van der Waals surface area contributed by atoms with E-state index in [0.717, 1.165) is 5.56 Å². The van der Waals surface area contributed by atoms with Crippen LogP contribution >= 0.6 is 11.3 Å². The van der Waals surface area contributed by atoms with Gasteiger partial charge in [0.1, 0.15) is 0 Å². The first-order chi connectivity index (χ1) is 9.38. The highest BCUT2D eigenvalue weighted by atomic mass is 32.1. The standard InChI is InChI=1S/C16H20N2OS/c1-11-7-12(9-13(17)8-11)15(19)18-10-16(2,3)14-5-4-6-20-14/h4-9H,10,17H2,1-3H3,(H,18,19). The normalized spacial score (nSPS) is 11.3. The van der Waals surface area contributed by atoms with Crippen molar-refractivity contribution in [2.45, 2.75) is 26.2 Å². The lowest BCUT2D eigenvalue weighted by Crippen LogP contribution is -2.36. The van der Waals surface area contributed by atoms with Crippen molar-refractivity contribution in [1.29, 1.82) is 0 Å². The molecule has 0 saturated heterocycles. The molecule has 2 rings (SSSR count). The highest BCUT2D eigenvalue weighted by Crippen LogP contribution is 2.26. The number of rotatable bonds is 4. The van der Waals surface area contributed by atoms with Crippen LogP contribution in [0.3, 0.4) is 0 Å². The number of amides is 1. The van der Waals surface area contributed by atoms with Gasteiger partial charge in [-0.05, 0) is 42.1 Å². The summed E-state index contributed by atoms with van der Waals surface area (Å²) in [5, 5.41) is 5.05. The lowest BCUT2D eigenvalue weighted by Gasteiger charge is -2.23. The molecule has 1 aromatic carbocycles. The van der Waals surface area contributed by atoms with E-state index in [0.29, 0.717) is 17.8 Å². The van der Waals surface area contributed by atoms with E-state index in [9.17, 15) is 4.79 Å². The highest BCUT2D eigenvalue weighted by molar-refractivity contribution is 7.10. The molecule has 0 aliphatic heterocycles. The summed E-state index contributed by atoms with van der Waals surface area (Å²) < 4.78 is 0. The Labute approximate surface area is 123 Å². The Morgan fingerprint density at radius 2 is 2.10 bits per heavy atom. The molecule has 4 heteroatoms. The van der Waals surface area contributed by atoms with E-state index >= 15 is 0 Å². The summed E-state index contributed by atoms with van der Waals surface area (Å²) in [5.41, 5.74) is 7.93. The molecule has 106 valence electrons. The van der Waals surface area contributed by atoms with Gasteiger partial charge in [-0.2, -0.15) is 0 Å². The third kappa shape index (κ3) is 3.39. The number of aryl methyl sites for hydroxylation is 1. The number of nitrogen functional groups attached to an aromatic ring is 1. The molecule has 0 spiro atoms. The number of hydrogen-bond acceptors (Lipinski definition) is 3. The van der Waals surface area contributed by atoms with Gasteiger partial charge >= 0.3 is 0 Å². The fourth-order valence-corrected chi connectivity index (χ4v) is 2.95. The Morgan fingerprint density at radius 1 is 1.35 bits per heavy atom. The molecule has 0 radical (unpaired) electrons. The molecule has 0 saturated carbocycles. The van der Waals surface area contributed by atoms with E-state index in [2.05, 4.69) is 30.6 Å². The molecule has 0 fully saturated rings. The molecule has 1 amide bonds. The number of nitrogens with two attached hydrogens (primary N) is 1. The first-order valence-electron chi connectivity index (χ1n) is 6.58. The van der Waals surface area contributed by atoms with Gasteiger partial charge in [-0.1, -0.05) is 19.9 Å². The minimum atomic E-state index is -0.0787. The molecule has 0 aliphatic carbocycles. The maximum Gasteiger partial charge on any atom is 0.251 e. The van der Waals surface area contributed by atoms with Crippen LogP contribution in [0.1, 0.15) is 34.6 Å². The van der Waals surface area contributed by atoms with Gasteiger partial charge in [-0.3, -0.25) is 4.79 Å². The van der Waals surface area contributed by atoms with Crippen molar-refractivity contribution in [2.75, 3.05) is 12.3 Å². The number of anilines is 1. The summed E-state index contributed by atoms with van der Waals surface area (Å²) in [4.78, 5) is 13.5. The van der Waals surface area contributed by atoms with Crippen LogP contribution < -0.4 is 11.1 Å². The number of thiophene rings is 1. The van der Waals surface area contributed by atoms with Crippen LogP contribution in [-0.2, 0) is 5.41 Å². The van der Waals surface area contributed by atoms with Crippen LogP contribution in [-0.4, -0.2) is 12.5 Å². The van der Waals surface area contributed by atoms with Gasteiger partial charge in [-0.25, -0.2) is 0 Å². The van der Waals surface area contributed by atoms with Crippen molar-refractivity contribution in [3.63, 3.8) is 0 Å². The average molecular weight is 288 g/mol. The fraction of sp³-hybridized carbons (Fsp3) is 0.312. The lowest BCUT2D eigenvalue weighted by atomic mass is 9.91. The second-order valence-electron chi connectivity index (χ2n) is 5.68. The zero-order valence-corrected chi connectivity index (χ0v) is 12.9. The van der Waals surface area contributed by atoms with Crippen molar-refractivity contribution >= 4 is 22.9 Å². The molecular weight excluding hydrogens is 268 g/mol. The second kappa shape index (κ2) is 5.67. The minimum Gasteiger partial charge on any atom is -0.399 e. The van der Waals surface area contributed by atoms with Crippen molar-refractivity contribution < 1.29 is 4.79 Å². The van der Waals surface area contributed by atoms with Gasteiger partial charge in [0.25, 0.3) is 5.91 Å². The van der Waals surface area contributed by atoms with Gasteiger partial charge in [0.15, 0.2) is 0 Å². The van der Waals surface area contributed by atoms with E-state index in [4.69, 9.17) is 5.73 Å². The smallest absolute Gasteiger partial charge is 0.251 e. The molecule has 0 aliphatic rings. The van der Waals surface area contributed by atoms with E-state index in [1.807, 2.05) is 25.1 Å². The minimum absolute atomic E-state index is 0.0702. The van der Waals surface area contributed by atoms with Gasteiger partial charge in [0.2, 0.25) is 0 Å². The molecule has 0 bridgehead atoms. The van der Waals surface area contributed by atoms with Crippen molar-refractivity contribution in [1.82, 2.24) is 5.32 Å². The number of benzene rings is 1. The highest BCUT2D eigenvalue weighted by Gasteiger charge is 2.22. The molecule has 20 heavy (non-hydrogen) atoms. The summed E-state index contributed by atoms with van der Waals surface area (Å²) in [6.45, 7) is 6.79. The Kier molecular flexibility index (Phi) is 4.14. The first-order valence-corrected chi connectivity index (χ1v) is 7.46.